The first-order chi connectivity index (χ1) is 12.5. The third-order valence-electron chi connectivity index (χ3n) is 3.83. The predicted molar refractivity (Wildman–Crippen MR) is 94.7 cm³/mol. The van der Waals surface area contributed by atoms with Crippen molar-refractivity contribution in [1.29, 1.82) is 0 Å². The van der Waals surface area contributed by atoms with Crippen molar-refractivity contribution in [1.82, 2.24) is 4.90 Å². The van der Waals surface area contributed by atoms with Gasteiger partial charge in [-0.2, -0.15) is 0 Å². The zero-order chi connectivity index (χ0) is 18.7. The molecule has 1 aliphatic heterocycles. The second-order valence-corrected chi connectivity index (χ2v) is 6.58. The Morgan fingerprint density at radius 3 is 2.73 bits per heavy atom. The normalized spacial score (nSPS) is 16.7. The zero-order valence-corrected chi connectivity index (χ0v) is 14.6. The topological polar surface area (TPSA) is 98.8 Å². The molecule has 0 saturated carbocycles. The Morgan fingerprint density at radius 2 is 2.00 bits per heavy atom. The number of thioether (sulfide) groups is 1. The lowest BCUT2D eigenvalue weighted by atomic mass is 10.1. The maximum Gasteiger partial charge on any atom is 0.291 e. The summed E-state index contributed by atoms with van der Waals surface area (Å²) >= 11 is 0.868. The van der Waals surface area contributed by atoms with Gasteiger partial charge in [-0.25, -0.2) is 0 Å². The number of para-hydroxylation sites is 2. The molecule has 1 fully saturated rings. The Bertz CT molecular complexity index is 870. The van der Waals surface area contributed by atoms with Gasteiger partial charge < -0.3 is 20.0 Å². The molecule has 0 aliphatic carbocycles. The molecule has 1 N–H and O–H groups in total. The second kappa shape index (κ2) is 7.49. The van der Waals surface area contributed by atoms with E-state index in [1.54, 1.807) is 36.4 Å². The van der Waals surface area contributed by atoms with Crippen molar-refractivity contribution in [3.05, 3.63) is 59.7 Å². The molecule has 7 nitrogen and oxygen atoms in total. The van der Waals surface area contributed by atoms with Crippen molar-refractivity contribution in [2.75, 3.05) is 12.4 Å². The summed E-state index contributed by atoms with van der Waals surface area (Å²) in [5, 5.41) is 12.8. The van der Waals surface area contributed by atoms with Crippen molar-refractivity contribution < 1.29 is 24.2 Å². The summed E-state index contributed by atoms with van der Waals surface area (Å²) in [4.78, 5) is 36.9. The average molecular weight is 371 g/mol. The number of benzene rings is 2. The van der Waals surface area contributed by atoms with Crippen LogP contribution in [0.25, 0.3) is 0 Å². The quantitative estimate of drug-likeness (QED) is 0.825. The molecular formula is C18H15N2O5S-. The van der Waals surface area contributed by atoms with Crippen molar-refractivity contribution in [3.63, 3.8) is 0 Å². The van der Waals surface area contributed by atoms with E-state index >= 15 is 0 Å². The van der Waals surface area contributed by atoms with Crippen LogP contribution >= 0.6 is 11.8 Å². The number of carboxylic acids is 1. The highest BCUT2D eigenvalue weighted by molar-refractivity contribution is 8.15. The molecule has 0 spiro atoms. The smallest absolute Gasteiger partial charge is 0.291 e. The van der Waals surface area contributed by atoms with Crippen molar-refractivity contribution >= 4 is 34.6 Å². The molecule has 1 atom stereocenters. The number of hydrogen-bond acceptors (Lipinski definition) is 7. The molecule has 134 valence electrons. The molecule has 1 saturated heterocycles. The van der Waals surface area contributed by atoms with Gasteiger partial charge in [0, 0.05) is 0 Å². The highest BCUT2D eigenvalue weighted by atomic mass is 32.2. The summed E-state index contributed by atoms with van der Waals surface area (Å²) < 4.78 is 5.23. The maximum absolute atomic E-state index is 12.6. The number of aromatic carboxylic acids is 1. The van der Waals surface area contributed by atoms with Crippen LogP contribution in [0.4, 0.5) is 10.5 Å². The number of carbonyl (C=O) groups excluding carboxylic acids is 3. The predicted octanol–water partition coefficient (Wildman–Crippen LogP) is 1.69. The highest BCUT2D eigenvalue weighted by Gasteiger charge is 2.39. The number of carboxylic acid groups (broad SMARTS) is 1. The van der Waals surface area contributed by atoms with Gasteiger partial charge in [0.25, 0.3) is 11.1 Å². The molecule has 0 unspecified atom stereocenters. The van der Waals surface area contributed by atoms with E-state index in [1.807, 2.05) is 0 Å². The lowest BCUT2D eigenvalue weighted by Gasteiger charge is -2.16. The van der Waals surface area contributed by atoms with Crippen molar-refractivity contribution in [3.8, 4) is 5.75 Å². The summed E-state index contributed by atoms with van der Waals surface area (Å²) in [5.74, 6) is -1.14. The fourth-order valence-corrected chi connectivity index (χ4v) is 3.46. The van der Waals surface area contributed by atoms with Crippen LogP contribution < -0.4 is 15.2 Å². The standard InChI is InChI=1S/C18H16N2O5S/c1-25-14-8-3-2-7-13(14)19-15-16(21)20(18(24)26-15)10-11-5-4-6-12(9-11)17(22)23/h2-9,15,19H,10H2,1H3,(H,22,23)/p-1/t15-/m1/s1. The third kappa shape index (κ3) is 3.65. The van der Waals surface area contributed by atoms with E-state index in [0.29, 0.717) is 17.0 Å². The number of carbonyl (C=O) groups is 3. The molecule has 1 heterocycles. The van der Waals surface area contributed by atoms with E-state index in [-0.39, 0.29) is 12.1 Å². The van der Waals surface area contributed by atoms with Crippen molar-refractivity contribution in [2.45, 2.75) is 11.9 Å². The first-order valence-electron chi connectivity index (χ1n) is 7.71. The average Bonchev–Trinajstić information content (AvgIpc) is 2.90. The van der Waals surface area contributed by atoms with Gasteiger partial charge in [0.05, 0.1) is 25.3 Å². The minimum absolute atomic E-state index is 0.00190. The molecule has 2 amide bonds. The van der Waals surface area contributed by atoms with E-state index in [1.165, 1.54) is 19.2 Å². The molecule has 3 rings (SSSR count). The fourth-order valence-electron chi connectivity index (χ4n) is 2.56. The summed E-state index contributed by atoms with van der Waals surface area (Å²) in [5.41, 5.74) is 1.14. The first-order valence-corrected chi connectivity index (χ1v) is 8.59. The highest BCUT2D eigenvalue weighted by Crippen LogP contribution is 2.32. The molecule has 1 aliphatic rings. The molecule has 0 bridgehead atoms. The Balaban J connectivity index is 1.75. The van der Waals surface area contributed by atoms with E-state index in [9.17, 15) is 19.5 Å². The van der Waals surface area contributed by atoms with Gasteiger partial charge in [-0.05, 0) is 41.1 Å². The Morgan fingerprint density at radius 1 is 1.23 bits per heavy atom. The molecule has 26 heavy (non-hydrogen) atoms. The number of nitrogens with one attached hydrogen (secondary N) is 1. The lowest BCUT2D eigenvalue weighted by Crippen LogP contribution is -2.34. The minimum Gasteiger partial charge on any atom is -0.545 e. The van der Waals surface area contributed by atoms with Gasteiger partial charge in [-0.3, -0.25) is 14.5 Å². The number of nitrogens with zero attached hydrogens (tertiary/aromatic N) is 1. The summed E-state index contributed by atoms with van der Waals surface area (Å²) in [6.45, 7) is -0.00408. The van der Waals surface area contributed by atoms with Crippen LogP contribution in [0.2, 0.25) is 0 Å². The van der Waals surface area contributed by atoms with Gasteiger partial charge >= 0.3 is 0 Å². The maximum atomic E-state index is 12.6. The van der Waals surface area contributed by atoms with Crippen LogP contribution in [0.15, 0.2) is 48.5 Å². The van der Waals surface area contributed by atoms with Gasteiger partial charge in [-0.15, -0.1) is 0 Å². The van der Waals surface area contributed by atoms with Gasteiger partial charge in [-0.1, -0.05) is 30.3 Å². The second-order valence-electron chi connectivity index (χ2n) is 5.52. The van der Waals surface area contributed by atoms with Crippen LogP contribution in [0.3, 0.4) is 0 Å². The minimum atomic E-state index is -1.31. The van der Waals surface area contributed by atoms with Crippen LogP contribution in [0.5, 0.6) is 5.75 Å². The molecule has 2 aromatic rings. The van der Waals surface area contributed by atoms with Crippen LogP contribution in [-0.4, -0.2) is 34.5 Å². The summed E-state index contributed by atoms with van der Waals surface area (Å²) in [6, 6.07) is 13.1. The van der Waals surface area contributed by atoms with E-state index in [0.717, 1.165) is 16.7 Å². The number of ether oxygens (including phenoxy) is 1. The van der Waals surface area contributed by atoms with Gasteiger partial charge in [0.2, 0.25) is 0 Å². The third-order valence-corrected chi connectivity index (χ3v) is 4.80. The number of methoxy groups -OCH3 is 1. The molecular weight excluding hydrogens is 356 g/mol. The van der Waals surface area contributed by atoms with Gasteiger partial charge in [0.15, 0.2) is 5.37 Å². The first kappa shape index (κ1) is 17.8. The van der Waals surface area contributed by atoms with Gasteiger partial charge in [0.1, 0.15) is 5.75 Å². The lowest BCUT2D eigenvalue weighted by molar-refractivity contribution is -0.255. The molecule has 2 aromatic carbocycles. The number of anilines is 1. The molecule has 0 aromatic heterocycles. The van der Waals surface area contributed by atoms with Crippen molar-refractivity contribution in [2.24, 2.45) is 0 Å². The summed E-state index contributed by atoms with van der Waals surface area (Å²) in [6.07, 6.45) is 0. The Hall–Kier alpha value is -3.00. The Kier molecular flexibility index (Phi) is 5.13. The monoisotopic (exact) mass is 371 g/mol. The number of hydrogen-bond donors (Lipinski definition) is 1. The SMILES string of the molecule is COc1ccccc1N[C@@H]1SC(=O)N(Cc2cccc(C(=O)[O-])c2)C1=O. The number of imide groups is 1. The molecule has 0 radical (unpaired) electrons. The number of amides is 2. The largest absolute Gasteiger partial charge is 0.545 e. The van der Waals surface area contributed by atoms with E-state index in [4.69, 9.17) is 4.74 Å². The van der Waals surface area contributed by atoms with Crippen LogP contribution in [-0.2, 0) is 11.3 Å². The van der Waals surface area contributed by atoms with Crippen LogP contribution in [0.1, 0.15) is 15.9 Å². The van der Waals surface area contributed by atoms with Crippen LogP contribution in [0, 0.1) is 0 Å². The molecule has 8 heteroatoms. The fraction of sp³-hybridized carbons (Fsp3) is 0.167. The van der Waals surface area contributed by atoms with E-state index < -0.39 is 22.5 Å². The summed E-state index contributed by atoms with van der Waals surface area (Å²) in [7, 11) is 1.52. The number of rotatable bonds is 6. The Labute approximate surface area is 153 Å². The zero-order valence-electron chi connectivity index (χ0n) is 13.8. The van der Waals surface area contributed by atoms with E-state index in [2.05, 4.69) is 5.32 Å².